The Balaban J connectivity index is 1.49. The zero-order valence-corrected chi connectivity index (χ0v) is 16.1. The topological polar surface area (TPSA) is 86.3 Å². The summed E-state index contributed by atoms with van der Waals surface area (Å²) in [7, 11) is 0. The van der Waals surface area contributed by atoms with Crippen LogP contribution in [0.5, 0.6) is 5.75 Å². The van der Waals surface area contributed by atoms with Crippen molar-refractivity contribution in [2.75, 3.05) is 26.3 Å². The average molecular weight is 379 g/mol. The minimum absolute atomic E-state index is 0.215. The largest absolute Gasteiger partial charge is 0.507 e. The van der Waals surface area contributed by atoms with E-state index >= 15 is 0 Å². The Hall–Kier alpha value is -2.48. The van der Waals surface area contributed by atoms with Gasteiger partial charge in [0.2, 0.25) is 0 Å². The molecule has 2 bridgehead atoms. The van der Waals surface area contributed by atoms with Crippen molar-refractivity contribution in [1.29, 1.82) is 0 Å². The number of aromatic nitrogens is 3. The van der Waals surface area contributed by atoms with E-state index in [4.69, 9.17) is 4.74 Å². The summed E-state index contributed by atoms with van der Waals surface area (Å²) in [6.07, 6.45) is 0. The highest BCUT2D eigenvalue weighted by molar-refractivity contribution is 5.85. The maximum Gasteiger partial charge on any atom is 0.160 e. The van der Waals surface area contributed by atoms with Gasteiger partial charge in [-0.2, -0.15) is 0 Å². The molecule has 3 unspecified atom stereocenters. The molecule has 3 N–H and O–H groups in total. The van der Waals surface area contributed by atoms with E-state index in [1.54, 1.807) is 12.1 Å². The summed E-state index contributed by atoms with van der Waals surface area (Å²) in [5, 5.41) is 23.6. The number of piperazine rings is 1. The summed E-state index contributed by atoms with van der Waals surface area (Å²) in [5.74, 6) is 0.215. The fourth-order valence-corrected chi connectivity index (χ4v) is 4.51. The van der Waals surface area contributed by atoms with E-state index < -0.39 is 0 Å². The number of nitrogens with zero attached hydrogens (tertiary/aromatic N) is 3. The van der Waals surface area contributed by atoms with Gasteiger partial charge in [0.25, 0.3) is 0 Å². The van der Waals surface area contributed by atoms with Crippen LogP contribution in [0.3, 0.4) is 0 Å². The summed E-state index contributed by atoms with van der Waals surface area (Å²) in [5.41, 5.74) is 4.54. The fraction of sp³-hybridized carbons (Fsp3) is 0.429. The van der Waals surface area contributed by atoms with Crippen LogP contribution in [0.15, 0.2) is 30.3 Å². The highest BCUT2D eigenvalue weighted by Gasteiger charge is 2.33. The number of benzene rings is 1. The van der Waals surface area contributed by atoms with Gasteiger partial charge in [-0.25, -0.2) is 0 Å². The third-order valence-electron chi connectivity index (χ3n) is 6.02. The van der Waals surface area contributed by atoms with Gasteiger partial charge >= 0.3 is 0 Å². The van der Waals surface area contributed by atoms with Crippen molar-refractivity contribution in [3.63, 3.8) is 0 Å². The quantitative estimate of drug-likeness (QED) is 0.648. The third-order valence-corrected chi connectivity index (χ3v) is 6.02. The number of aromatic hydroxyl groups is 1. The molecule has 2 fully saturated rings. The number of rotatable bonds is 3. The van der Waals surface area contributed by atoms with Crippen molar-refractivity contribution >= 4 is 11.0 Å². The van der Waals surface area contributed by atoms with E-state index in [9.17, 15) is 5.11 Å². The van der Waals surface area contributed by atoms with Gasteiger partial charge in [-0.05, 0) is 37.6 Å². The number of fused-ring (bicyclic) bond motifs is 3. The van der Waals surface area contributed by atoms with E-state index in [1.165, 1.54) is 11.3 Å². The van der Waals surface area contributed by atoms with Gasteiger partial charge in [0, 0.05) is 47.9 Å². The second kappa shape index (κ2) is 6.84. The van der Waals surface area contributed by atoms with Crippen molar-refractivity contribution in [1.82, 2.24) is 25.4 Å². The zero-order chi connectivity index (χ0) is 19.3. The molecule has 2 aliphatic heterocycles. The first kappa shape index (κ1) is 17.6. The molecule has 2 aromatic heterocycles. The summed E-state index contributed by atoms with van der Waals surface area (Å²) in [6.45, 7) is 7.88. The SMILES string of the molecule is Cc1c(C(C)N2CC3COCC(C2)N3)[nH]c2nnc(-c3ccccc3O)cc12. The molecule has 5 rings (SSSR count). The van der Waals surface area contributed by atoms with Crippen molar-refractivity contribution in [2.45, 2.75) is 32.0 Å². The van der Waals surface area contributed by atoms with E-state index in [0.717, 1.165) is 37.3 Å². The number of H-pyrrole nitrogens is 1. The highest BCUT2D eigenvalue weighted by Crippen LogP contribution is 2.33. The first-order valence-corrected chi connectivity index (χ1v) is 9.82. The summed E-state index contributed by atoms with van der Waals surface area (Å²) >= 11 is 0. The van der Waals surface area contributed by atoms with Gasteiger partial charge in [0.1, 0.15) is 5.75 Å². The Morgan fingerprint density at radius 2 is 1.93 bits per heavy atom. The minimum atomic E-state index is 0.215. The molecule has 7 heteroatoms. The lowest BCUT2D eigenvalue weighted by atomic mass is 10.0. The van der Waals surface area contributed by atoms with Crippen LogP contribution in [0.25, 0.3) is 22.3 Å². The molecule has 0 spiro atoms. The maximum absolute atomic E-state index is 10.1. The molecule has 2 aliphatic rings. The van der Waals surface area contributed by atoms with Crippen LogP contribution in [0, 0.1) is 6.92 Å². The molecule has 2 saturated heterocycles. The lowest BCUT2D eigenvalue weighted by molar-refractivity contribution is -0.0174. The van der Waals surface area contributed by atoms with Crippen LogP contribution >= 0.6 is 0 Å². The lowest BCUT2D eigenvalue weighted by Crippen LogP contribution is -2.62. The van der Waals surface area contributed by atoms with Crippen LogP contribution in [0.1, 0.15) is 24.2 Å². The molecule has 146 valence electrons. The van der Waals surface area contributed by atoms with Gasteiger partial charge in [0.05, 0.1) is 18.9 Å². The number of ether oxygens (including phenoxy) is 1. The predicted molar refractivity (Wildman–Crippen MR) is 107 cm³/mol. The number of nitrogens with one attached hydrogen (secondary N) is 2. The molecule has 0 radical (unpaired) electrons. The van der Waals surface area contributed by atoms with Crippen molar-refractivity contribution in [3.8, 4) is 17.0 Å². The second-order valence-electron chi connectivity index (χ2n) is 7.90. The van der Waals surface area contributed by atoms with Crippen LogP contribution in [-0.4, -0.2) is 63.6 Å². The Bertz CT molecular complexity index is 1010. The first-order chi connectivity index (χ1) is 13.6. The number of hydrogen-bond acceptors (Lipinski definition) is 6. The molecule has 7 nitrogen and oxygen atoms in total. The van der Waals surface area contributed by atoms with E-state index in [0.29, 0.717) is 23.3 Å². The molecule has 28 heavy (non-hydrogen) atoms. The van der Waals surface area contributed by atoms with E-state index in [-0.39, 0.29) is 11.8 Å². The molecule has 3 atom stereocenters. The van der Waals surface area contributed by atoms with Gasteiger partial charge in [-0.3, -0.25) is 4.90 Å². The molecular formula is C21H25N5O2. The number of aryl methyl sites for hydroxylation is 1. The van der Waals surface area contributed by atoms with Crippen LogP contribution < -0.4 is 5.32 Å². The smallest absolute Gasteiger partial charge is 0.160 e. The number of phenolic OH excluding ortho intramolecular Hbond substituents is 1. The summed E-state index contributed by atoms with van der Waals surface area (Å²) in [6, 6.07) is 10.3. The van der Waals surface area contributed by atoms with Crippen molar-refractivity contribution in [2.24, 2.45) is 0 Å². The average Bonchev–Trinajstić information content (AvgIpc) is 3.03. The van der Waals surface area contributed by atoms with E-state index in [1.807, 2.05) is 18.2 Å². The van der Waals surface area contributed by atoms with Gasteiger partial charge < -0.3 is 20.1 Å². The number of phenols is 1. The highest BCUT2D eigenvalue weighted by atomic mass is 16.5. The third kappa shape index (κ3) is 2.96. The second-order valence-corrected chi connectivity index (χ2v) is 7.90. The van der Waals surface area contributed by atoms with Gasteiger partial charge in [-0.15, -0.1) is 10.2 Å². The number of para-hydroxylation sites is 1. The zero-order valence-electron chi connectivity index (χ0n) is 16.1. The summed E-state index contributed by atoms with van der Waals surface area (Å²) in [4.78, 5) is 6.01. The van der Waals surface area contributed by atoms with Crippen LogP contribution in [-0.2, 0) is 4.74 Å². The Kier molecular flexibility index (Phi) is 4.30. The number of morpholine rings is 1. The molecule has 0 aliphatic carbocycles. The fourth-order valence-electron chi connectivity index (χ4n) is 4.51. The van der Waals surface area contributed by atoms with Gasteiger partial charge in [-0.1, -0.05) is 12.1 Å². The van der Waals surface area contributed by atoms with Crippen LogP contribution in [0.2, 0.25) is 0 Å². The Morgan fingerprint density at radius 3 is 2.68 bits per heavy atom. The standard InChI is InChI=1S/C21H25N5O2/c1-12-17-7-18(16-5-3-4-6-19(16)27)24-25-21(17)23-20(12)13(2)26-8-14-10-28-11-15(9-26)22-14/h3-7,13-15,22,27H,8-11H2,1-2H3,(H,23,25). The van der Waals surface area contributed by atoms with Gasteiger partial charge in [0.15, 0.2) is 5.65 Å². The Morgan fingerprint density at radius 1 is 1.18 bits per heavy atom. The first-order valence-electron chi connectivity index (χ1n) is 9.82. The van der Waals surface area contributed by atoms with Crippen molar-refractivity contribution < 1.29 is 9.84 Å². The Labute approximate surface area is 163 Å². The maximum atomic E-state index is 10.1. The number of aromatic amines is 1. The summed E-state index contributed by atoms with van der Waals surface area (Å²) < 4.78 is 5.67. The van der Waals surface area contributed by atoms with E-state index in [2.05, 4.69) is 39.2 Å². The normalized spacial score (nSPS) is 23.8. The number of hydrogen-bond donors (Lipinski definition) is 3. The molecule has 1 aromatic carbocycles. The molecule has 4 heterocycles. The monoisotopic (exact) mass is 379 g/mol. The predicted octanol–water partition coefficient (Wildman–Crippen LogP) is 2.37. The molecule has 3 aromatic rings. The molecule has 0 saturated carbocycles. The van der Waals surface area contributed by atoms with Crippen LogP contribution in [0.4, 0.5) is 0 Å². The molecule has 0 amide bonds. The van der Waals surface area contributed by atoms with Crippen molar-refractivity contribution in [3.05, 3.63) is 41.6 Å². The molecular weight excluding hydrogens is 354 g/mol. The lowest BCUT2D eigenvalue weighted by Gasteiger charge is -2.44. The minimum Gasteiger partial charge on any atom is -0.507 e.